The Bertz CT molecular complexity index is 400. The van der Waals surface area contributed by atoms with E-state index in [1.165, 1.54) is 6.26 Å². The Morgan fingerprint density at radius 3 is 3.00 bits per heavy atom. The van der Waals surface area contributed by atoms with E-state index in [9.17, 15) is 4.79 Å². The van der Waals surface area contributed by atoms with Crippen molar-refractivity contribution < 1.29 is 14.3 Å². The van der Waals surface area contributed by atoms with Crippen molar-refractivity contribution in [2.24, 2.45) is 0 Å². The Hall–Kier alpha value is -1.36. The van der Waals surface area contributed by atoms with Crippen molar-refractivity contribution >= 4 is 5.97 Å². The molecule has 0 saturated carbocycles. The maximum atomic E-state index is 10.7. The van der Waals surface area contributed by atoms with Crippen LogP contribution in [-0.2, 0) is 0 Å². The molecule has 5 nitrogen and oxygen atoms in total. The van der Waals surface area contributed by atoms with Crippen LogP contribution in [-0.4, -0.2) is 40.1 Å². The zero-order valence-corrected chi connectivity index (χ0v) is 10.2. The summed E-state index contributed by atoms with van der Waals surface area (Å²) in [6.07, 6.45) is 3.35. The van der Waals surface area contributed by atoms with Gasteiger partial charge in [-0.1, -0.05) is 0 Å². The van der Waals surface area contributed by atoms with E-state index in [0.717, 1.165) is 25.9 Å². The molecule has 1 saturated heterocycles. The lowest BCUT2D eigenvalue weighted by Gasteiger charge is -2.34. The summed E-state index contributed by atoms with van der Waals surface area (Å²) < 4.78 is 5.27. The van der Waals surface area contributed by atoms with Gasteiger partial charge in [-0.2, -0.15) is 0 Å². The number of aromatic carboxylic acids is 1. The first kappa shape index (κ1) is 12.1. The molecular formula is C12H18N2O3. The van der Waals surface area contributed by atoms with E-state index in [0.29, 0.717) is 11.9 Å². The van der Waals surface area contributed by atoms with E-state index in [-0.39, 0.29) is 11.6 Å². The number of carboxylic acid groups (broad SMARTS) is 1. The molecule has 2 heterocycles. The van der Waals surface area contributed by atoms with Gasteiger partial charge in [0.2, 0.25) is 0 Å². The first-order valence-electron chi connectivity index (χ1n) is 6.00. The van der Waals surface area contributed by atoms with Gasteiger partial charge in [0.1, 0.15) is 6.26 Å². The number of rotatable bonds is 3. The van der Waals surface area contributed by atoms with Gasteiger partial charge >= 0.3 is 5.97 Å². The zero-order chi connectivity index (χ0) is 12.4. The minimum absolute atomic E-state index is 0.00155. The summed E-state index contributed by atoms with van der Waals surface area (Å²) in [4.78, 5) is 17.1. The third kappa shape index (κ3) is 2.66. The number of hydrogen-bond acceptors (Lipinski definition) is 4. The summed E-state index contributed by atoms with van der Waals surface area (Å²) in [6.45, 7) is 6.33. The first-order valence-corrected chi connectivity index (χ1v) is 6.00. The van der Waals surface area contributed by atoms with Crippen molar-refractivity contribution in [3.8, 4) is 0 Å². The molecule has 1 aromatic heterocycles. The molecule has 1 fully saturated rings. The molecule has 1 atom stereocenters. The number of likely N-dealkylation sites (tertiary alicyclic amines) is 1. The van der Waals surface area contributed by atoms with Crippen LogP contribution >= 0.6 is 0 Å². The third-order valence-electron chi connectivity index (χ3n) is 3.27. The molecule has 0 bridgehead atoms. The van der Waals surface area contributed by atoms with E-state index in [2.05, 4.69) is 23.7 Å². The average molecular weight is 238 g/mol. The van der Waals surface area contributed by atoms with E-state index in [4.69, 9.17) is 9.52 Å². The standard InChI is InChI=1S/C12H18N2O3/c1-8(2)14-5-3-4-9(6-14)11-13-10(7-17-11)12(15)16/h7-9H,3-6H2,1-2H3,(H,15,16). The highest BCUT2D eigenvalue weighted by Gasteiger charge is 2.26. The van der Waals surface area contributed by atoms with Gasteiger partial charge in [-0.05, 0) is 33.2 Å². The Kier molecular flexibility index (Phi) is 3.47. The van der Waals surface area contributed by atoms with Crippen LogP contribution in [0.2, 0.25) is 0 Å². The van der Waals surface area contributed by atoms with Gasteiger partial charge in [0.15, 0.2) is 11.6 Å². The number of nitrogens with zero attached hydrogens (tertiary/aromatic N) is 2. The van der Waals surface area contributed by atoms with Crippen LogP contribution in [0.15, 0.2) is 10.7 Å². The summed E-state index contributed by atoms with van der Waals surface area (Å²) in [7, 11) is 0. The molecule has 5 heteroatoms. The highest BCUT2D eigenvalue weighted by molar-refractivity contribution is 5.84. The molecule has 0 amide bonds. The lowest BCUT2D eigenvalue weighted by atomic mass is 9.97. The monoisotopic (exact) mass is 238 g/mol. The van der Waals surface area contributed by atoms with Crippen LogP contribution in [0.4, 0.5) is 0 Å². The summed E-state index contributed by atoms with van der Waals surface area (Å²) >= 11 is 0. The van der Waals surface area contributed by atoms with Crippen LogP contribution < -0.4 is 0 Å². The van der Waals surface area contributed by atoms with Crippen LogP contribution in [0.5, 0.6) is 0 Å². The summed E-state index contributed by atoms with van der Waals surface area (Å²) in [6, 6.07) is 0.506. The van der Waals surface area contributed by atoms with E-state index >= 15 is 0 Å². The lowest BCUT2D eigenvalue weighted by molar-refractivity contribution is 0.0690. The molecule has 0 aliphatic carbocycles. The molecule has 1 aliphatic heterocycles. The largest absolute Gasteiger partial charge is 0.476 e. The van der Waals surface area contributed by atoms with Gasteiger partial charge in [-0.15, -0.1) is 0 Å². The van der Waals surface area contributed by atoms with Crippen LogP contribution in [0.25, 0.3) is 0 Å². The fourth-order valence-corrected chi connectivity index (χ4v) is 2.25. The van der Waals surface area contributed by atoms with Gasteiger partial charge in [0.05, 0.1) is 0 Å². The SMILES string of the molecule is CC(C)N1CCCC(c2nc(C(=O)O)co2)C1. The Morgan fingerprint density at radius 2 is 2.41 bits per heavy atom. The number of carbonyl (C=O) groups is 1. The Balaban J connectivity index is 2.08. The number of hydrogen-bond donors (Lipinski definition) is 1. The highest BCUT2D eigenvalue weighted by atomic mass is 16.4. The number of oxazole rings is 1. The maximum Gasteiger partial charge on any atom is 0.357 e. The van der Waals surface area contributed by atoms with Crippen molar-refractivity contribution in [1.82, 2.24) is 9.88 Å². The smallest absolute Gasteiger partial charge is 0.357 e. The molecule has 94 valence electrons. The van der Waals surface area contributed by atoms with Gasteiger partial charge in [-0.25, -0.2) is 9.78 Å². The van der Waals surface area contributed by atoms with E-state index < -0.39 is 5.97 Å². The summed E-state index contributed by atoms with van der Waals surface area (Å²) in [5.74, 6) is -0.247. The highest BCUT2D eigenvalue weighted by Crippen LogP contribution is 2.27. The van der Waals surface area contributed by atoms with Crippen molar-refractivity contribution in [3.05, 3.63) is 17.8 Å². The second kappa shape index (κ2) is 4.87. The van der Waals surface area contributed by atoms with Gasteiger partial charge in [0, 0.05) is 18.5 Å². The van der Waals surface area contributed by atoms with Crippen molar-refractivity contribution in [2.45, 2.75) is 38.6 Å². The molecular weight excluding hydrogens is 220 g/mol. The van der Waals surface area contributed by atoms with Crippen molar-refractivity contribution in [3.63, 3.8) is 0 Å². The fraction of sp³-hybridized carbons (Fsp3) is 0.667. The average Bonchev–Trinajstić information content (AvgIpc) is 2.78. The zero-order valence-electron chi connectivity index (χ0n) is 10.2. The van der Waals surface area contributed by atoms with Gasteiger partial charge in [0.25, 0.3) is 0 Å². The molecule has 1 N–H and O–H groups in total. The second-order valence-corrected chi connectivity index (χ2v) is 4.80. The molecule has 0 radical (unpaired) electrons. The molecule has 0 aromatic carbocycles. The molecule has 0 spiro atoms. The third-order valence-corrected chi connectivity index (χ3v) is 3.27. The van der Waals surface area contributed by atoms with E-state index in [1.54, 1.807) is 0 Å². The molecule has 1 aliphatic rings. The molecule has 1 unspecified atom stereocenters. The predicted octanol–water partition coefficient (Wildman–Crippen LogP) is 1.96. The van der Waals surface area contributed by atoms with Gasteiger partial charge < -0.3 is 14.4 Å². The topological polar surface area (TPSA) is 66.6 Å². The fourth-order valence-electron chi connectivity index (χ4n) is 2.25. The van der Waals surface area contributed by atoms with Crippen molar-refractivity contribution in [1.29, 1.82) is 0 Å². The normalized spacial score (nSPS) is 21.9. The number of carboxylic acids is 1. The summed E-state index contributed by atoms with van der Waals surface area (Å²) in [5.41, 5.74) is 0.00155. The predicted molar refractivity (Wildman–Crippen MR) is 62.1 cm³/mol. The second-order valence-electron chi connectivity index (χ2n) is 4.80. The van der Waals surface area contributed by atoms with Crippen LogP contribution in [0, 0.1) is 0 Å². The Morgan fingerprint density at radius 1 is 1.65 bits per heavy atom. The summed E-state index contributed by atoms with van der Waals surface area (Å²) in [5, 5.41) is 8.80. The molecule has 17 heavy (non-hydrogen) atoms. The number of piperidine rings is 1. The van der Waals surface area contributed by atoms with Crippen LogP contribution in [0.1, 0.15) is 49.0 Å². The van der Waals surface area contributed by atoms with Gasteiger partial charge in [-0.3, -0.25) is 0 Å². The molecule has 2 rings (SSSR count). The number of aromatic nitrogens is 1. The first-order chi connectivity index (χ1) is 8.08. The Labute approximate surface area is 100 Å². The quantitative estimate of drug-likeness (QED) is 0.871. The van der Waals surface area contributed by atoms with E-state index in [1.807, 2.05) is 0 Å². The molecule has 1 aromatic rings. The minimum Gasteiger partial charge on any atom is -0.476 e. The maximum absolute atomic E-state index is 10.7. The lowest BCUT2D eigenvalue weighted by Crippen LogP contribution is -2.39. The minimum atomic E-state index is -1.03. The van der Waals surface area contributed by atoms with Crippen molar-refractivity contribution in [2.75, 3.05) is 13.1 Å². The van der Waals surface area contributed by atoms with Crippen LogP contribution in [0.3, 0.4) is 0 Å².